The molecule has 2 aromatic heterocycles. The van der Waals surface area contributed by atoms with Gasteiger partial charge in [-0.15, -0.1) is 0 Å². The van der Waals surface area contributed by atoms with Crippen molar-refractivity contribution >= 4 is 39.8 Å². The topological polar surface area (TPSA) is 30.2 Å². The summed E-state index contributed by atoms with van der Waals surface area (Å²) in [4.78, 5) is 4.85. The predicted molar refractivity (Wildman–Crippen MR) is 106 cm³/mol. The lowest BCUT2D eigenvalue weighted by Gasteiger charge is -2.06. The van der Waals surface area contributed by atoms with E-state index in [9.17, 15) is 0 Å². The van der Waals surface area contributed by atoms with Crippen molar-refractivity contribution in [2.24, 2.45) is 0 Å². The second kappa shape index (κ2) is 6.18. The molecule has 0 amide bonds. The van der Waals surface area contributed by atoms with Gasteiger partial charge in [-0.25, -0.2) is 9.50 Å². The van der Waals surface area contributed by atoms with Crippen LogP contribution in [-0.4, -0.2) is 14.6 Å². The minimum atomic E-state index is 0.554. The van der Waals surface area contributed by atoms with E-state index in [0.717, 1.165) is 33.7 Å². The minimum absolute atomic E-state index is 0.554. The molecule has 0 radical (unpaired) electrons. The van der Waals surface area contributed by atoms with Crippen LogP contribution in [0.3, 0.4) is 0 Å². The normalized spacial score (nSPS) is 11.1. The molecule has 2 aromatic carbocycles. The highest BCUT2D eigenvalue weighted by molar-refractivity contribution is 14.1. The number of halogens is 2. The van der Waals surface area contributed by atoms with Gasteiger partial charge in [-0.1, -0.05) is 54.1 Å². The third-order valence-corrected chi connectivity index (χ3v) is 4.84. The fourth-order valence-corrected chi connectivity index (χ4v) is 3.59. The van der Waals surface area contributed by atoms with E-state index in [2.05, 4.69) is 45.9 Å². The summed E-state index contributed by atoms with van der Waals surface area (Å²) < 4.78 is 2.88. The molecule has 118 valence electrons. The molecule has 0 aliphatic heterocycles. The zero-order chi connectivity index (χ0) is 16.7. The highest BCUT2D eigenvalue weighted by Gasteiger charge is 2.16. The average Bonchev–Trinajstić information content (AvgIpc) is 2.92. The maximum Gasteiger partial charge on any atom is 0.165 e. The molecule has 0 bridgehead atoms. The number of hydrogen-bond donors (Lipinski definition) is 0. The van der Waals surface area contributed by atoms with Gasteiger partial charge in [-0.3, -0.25) is 0 Å². The van der Waals surface area contributed by atoms with Gasteiger partial charge in [0.1, 0.15) is 5.15 Å². The largest absolute Gasteiger partial charge is 0.228 e. The molecule has 0 unspecified atom stereocenters. The SMILES string of the molecule is Cc1nn2c(Cl)cc(-c3ccccc3)nc2c1-c1cccc(I)c1. The molecule has 3 nitrogen and oxygen atoms in total. The Morgan fingerprint density at radius 3 is 2.46 bits per heavy atom. The van der Waals surface area contributed by atoms with Gasteiger partial charge in [0.05, 0.1) is 11.4 Å². The third-order valence-electron chi connectivity index (χ3n) is 3.90. The molecule has 5 heteroatoms. The van der Waals surface area contributed by atoms with Crippen molar-refractivity contribution in [1.29, 1.82) is 0 Å². The number of fused-ring (bicyclic) bond motifs is 1. The van der Waals surface area contributed by atoms with Gasteiger partial charge in [-0.2, -0.15) is 5.10 Å². The van der Waals surface area contributed by atoms with Gasteiger partial charge < -0.3 is 0 Å². The Morgan fingerprint density at radius 2 is 1.71 bits per heavy atom. The molecule has 0 aliphatic carbocycles. The van der Waals surface area contributed by atoms with E-state index in [1.807, 2.05) is 49.4 Å². The zero-order valence-corrected chi connectivity index (χ0v) is 15.8. The Balaban J connectivity index is 2.01. The molecule has 0 aliphatic rings. The number of aromatic nitrogens is 3. The van der Waals surface area contributed by atoms with Crippen LogP contribution in [0, 0.1) is 10.5 Å². The lowest BCUT2D eigenvalue weighted by Crippen LogP contribution is -1.95. The molecule has 0 spiro atoms. The molecule has 0 saturated heterocycles. The number of rotatable bonds is 2. The predicted octanol–water partition coefficient (Wildman–Crippen LogP) is 5.63. The van der Waals surface area contributed by atoms with E-state index in [4.69, 9.17) is 16.6 Å². The molecule has 24 heavy (non-hydrogen) atoms. The summed E-state index contributed by atoms with van der Waals surface area (Å²) in [6.07, 6.45) is 0. The van der Waals surface area contributed by atoms with Gasteiger partial charge in [0, 0.05) is 20.8 Å². The van der Waals surface area contributed by atoms with Crippen molar-refractivity contribution in [3.63, 3.8) is 0 Å². The van der Waals surface area contributed by atoms with Crippen molar-refractivity contribution in [2.75, 3.05) is 0 Å². The monoisotopic (exact) mass is 445 g/mol. The summed E-state index contributed by atoms with van der Waals surface area (Å²) in [5, 5.41) is 5.13. The van der Waals surface area contributed by atoms with Crippen LogP contribution in [-0.2, 0) is 0 Å². The summed E-state index contributed by atoms with van der Waals surface area (Å²) in [5.41, 5.74) is 5.70. The number of benzene rings is 2. The first-order valence-electron chi connectivity index (χ1n) is 7.51. The molecular weight excluding hydrogens is 433 g/mol. The van der Waals surface area contributed by atoms with Crippen LogP contribution in [0.1, 0.15) is 5.69 Å². The Kier molecular flexibility index (Phi) is 4.02. The Hall–Kier alpha value is -1.92. The average molecular weight is 446 g/mol. The Bertz CT molecular complexity index is 1040. The van der Waals surface area contributed by atoms with Crippen LogP contribution in [0.15, 0.2) is 60.7 Å². The molecule has 2 heterocycles. The minimum Gasteiger partial charge on any atom is -0.228 e. The van der Waals surface area contributed by atoms with E-state index < -0.39 is 0 Å². The van der Waals surface area contributed by atoms with Crippen molar-refractivity contribution in [1.82, 2.24) is 14.6 Å². The van der Waals surface area contributed by atoms with Crippen molar-refractivity contribution in [3.8, 4) is 22.4 Å². The van der Waals surface area contributed by atoms with Crippen LogP contribution in [0.5, 0.6) is 0 Å². The standard InChI is InChI=1S/C19H13ClIN3/c1-12-18(14-8-5-9-15(21)10-14)19-22-16(11-17(20)24(19)23-12)13-6-3-2-4-7-13/h2-11H,1H3. The van der Waals surface area contributed by atoms with Crippen LogP contribution in [0.2, 0.25) is 5.15 Å². The van der Waals surface area contributed by atoms with E-state index >= 15 is 0 Å². The lowest BCUT2D eigenvalue weighted by atomic mass is 10.1. The number of nitrogens with zero attached hydrogens (tertiary/aromatic N) is 3. The van der Waals surface area contributed by atoms with Crippen LogP contribution >= 0.6 is 34.2 Å². The molecular formula is C19H13ClIN3. The van der Waals surface area contributed by atoms with E-state index in [1.165, 1.54) is 3.57 Å². The second-order valence-electron chi connectivity index (χ2n) is 5.54. The van der Waals surface area contributed by atoms with Crippen LogP contribution in [0.4, 0.5) is 0 Å². The Labute approximate surface area is 158 Å². The maximum atomic E-state index is 6.48. The molecule has 0 N–H and O–H groups in total. The fraction of sp³-hybridized carbons (Fsp3) is 0.0526. The van der Waals surface area contributed by atoms with Crippen molar-refractivity contribution in [2.45, 2.75) is 6.92 Å². The fourth-order valence-electron chi connectivity index (χ4n) is 2.83. The molecule has 4 rings (SSSR count). The molecule has 4 aromatic rings. The summed E-state index contributed by atoms with van der Waals surface area (Å²) in [6, 6.07) is 20.2. The van der Waals surface area contributed by atoms with Gasteiger partial charge >= 0.3 is 0 Å². The van der Waals surface area contributed by atoms with Gasteiger partial charge in [0.2, 0.25) is 0 Å². The van der Waals surface area contributed by atoms with Crippen LogP contribution < -0.4 is 0 Å². The van der Waals surface area contributed by atoms with Crippen LogP contribution in [0.25, 0.3) is 28.0 Å². The lowest BCUT2D eigenvalue weighted by molar-refractivity contribution is 0.919. The molecule has 0 atom stereocenters. The van der Waals surface area contributed by atoms with Gasteiger partial charge in [0.25, 0.3) is 0 Å². The Morgan fingerprint density at radius 1 is 0.958 bits per heavy atom. The highest BCUT2D eigenvalue weighted by atomic mass is 127. The van der Waals surface area contributed by atoms with E-state index in [1.54, 1.807) is 4.52 Å². The molecule has 0 fully saturated rings. The number of aryl methyl sites for hydroxylation is 1. The van der Waals surface area contributed by atoms with Gasteiger partial charge in [0.15, 0.2) is 5.65 Å². The first kappa shape index (κ1) is 15.6. The maximum absolute atomic E-state index is 6.48. The van der Waals surface area contributed by atoms with E-state index in [-0.39, 0.29) is 0 Å². The first-order valence-corrected chi connectivity index (χ1v) is 8.96. The number of hydrogen-bond acceptors (Lipinski definition) is 2. The van der Waals surface area contributed by atoms with Crippen molar-refractivity contribution in [3.05, 3.63) is 75.1 Å². The second-order valence-corrected chi connectivity index (χ2v) is 7.17. The highest BCUT2D eigenvalue weighted by Crippen LogP contribution is 2.31. The molecule has 0 saturated carbocycles. The summed E-state index contributed by atoms with van der Waals surface area (Å²) in [5.74, 6) is 0. The summed E-state index contributed by atoms with van der Waals surface area (Å²) in [6.45, 7) is 1.99. The zero-order valence-electron chi connectivity index (χ0n) is 12.9. The quantitative estimate of drug-likeness (QED) is 0.296. The first-order chi connectivity index (χ1) is 11.6. The van der Waals surface area contributed by atoms with E-state index in [0.29, 0.717) is 5.15 Å². The summed E-state index contributed by atoms with van der Waals surface area (Å²) in [7, 11) is 0. The van der Waals surface area contributed by atoms with Crippen molar-refractivity contribution < 1.29 is 0 Å². The summed E-state index contributed by atoms with van der Waals surface area (Å²) >= 11 is 8.79. The van der Waals surface area contributed by atoms with Gasteiger partial charge in [-0.05, 0) is 47.2 Å². The third kappa shape index (κ3) is 2.70. The smallest absolute Gasteiger partial charge is 0.165 e.